The van der Waals surface area contributed by atoms with E-state index < -0.39 is 0 Å². The third kappa shape index (κ3) is 1.95. The lowest BCUT2D eigenvalue weighted by molar-refractivity contribution is 0.351. The molecule has 66 valence electrons. The van der Waals surface area contributed by atoms with Crippen LogP contribution in [0.1, 0.15) is 12.0 Å². The van der Waals surface area contributed by atoms with Crippen molar-refractivity contribution in [2.75, 3.05) is 6.61 Å². The molecule has 1 heterocycles. The Kier molecular flexibility index (Phi) is 2.41. The van der Waals surface area contributed by atoms with Crippen LogP contribution in [0.2, 0.25) is 0 Å². The Morgan fingerprint density at radius 1 is 1.23 bits per heavy atom. The highest BCUT2D eigenvalue weighted by molar-refractivity contribution is 7.80. The number of benzene rings is 1. The van der Waals surface area contributed by atoms with Gasteiger partial charge in [0.2, 0.25) is 0 Å². The summed E-state index contributed by atoms with van der Waals surface area (Å²) in [5, 5.41) is 0.656. The zero-order chi connectivity index (χ0) is 9.10. The molecule has 0 amide bonds. The van der Waals surface area contributed by atoms with Gasteiger partial charge in [0.05, 0.1) is 6.61 Å². The molecule has 0 spiro atoms. The maximum Gasteiger partial charge on any atom is 0.187 e. The first-order valence-electron chi connectivity index (χ1n) is 4.29. The summed E-state index contributed by atoms with van der Waals surface area (Å²) in [6, 6.07) is 10.2. The Hall–Kier alpha value is -1.15. The van der Waals surface area contributed by atoms with E-state index in [0.29, 0.717) is 5.05 Å². The monoisotopic (exact) mass is 190 g/mol. The molecule has 1 aromatic rings. The summed E-state index contributed by atoms with van der Waals surface area (Å²) < 4.78 is 5.20. The van der Waals surface area contributed by atoms with E-state index in [-0.39, 0.29) is 0 Å². The van der Waals surface area contributed by atoms with E-state index in [1.807, 2.05) is 18.2 Å². The SMILES string of the molecule is S=C1OCC/C1=C/c1ccccc1. The van der Waals surface area contributed by atoms with Crippen LogP contribution in [0.5, 0.6) is 0 Å². The molecule has 2 heteroatoms. The fourth-order valence-electron chi connectivity index (χ4n) is 1.33. The molecule has 0 N–H and O–H groups in total. The number of rotatable bonds is 1. The Balaban J connectivity index is 2.25. The molecule has 0 atom stereocenters. The van der Waals surface area contributed by atoms with Crippen LogP contribution < -0.4 is 0 Å². The van der Waals surface area contributed by atoms with E-state index in [0.717, 1.165) is 18.6 Å². The maximum atomic E-state index is 5.20. The predicted octanol–water partition coefficient (Wildman–Crippen LogP) is 2.82. The van der Waals surface area contributed by atoms with Crippen molar-refractivity contribution >= 4 is 23.3 Å². The maximum absolute atomic E-state index is 5.20. The molecule has 0 radical (unpaired) electrons. The molecule has 1 saturated heterocycles. The van der Waals surface area contributed by atoms with Crippen LogP contribution in [0.25, 0.3) is 6.08 Å². The first-order chi connectivity index (χ1) is 6.36. The van der Waals surface area contributed by atoms with Gasteiger partial charge in [0.15, 0.2) is 5.05 Å². The van der Waals surface area contributed by atoms with Gasteiger partial charge in [-0.15, -0.1) is 0 Å². The average molecular weight is 190 g/mol. The molecule has 1 aromatic carbocycles. The number of hydrogen-bond acceptors (Lipinski definition) is 2. The van der Waals surface area contributed by atoms with E-state index in [1.54, 1.807) is 0 Å². The molecule has 1 fully saturated rings. The largest absolute Gasteiger partial charge is 0.483 e. The molecule has 0 saturated carbocycles. The smallest absolute Gasteiger partial charge is 0.187 e. The number of thiocarbonyl (C=S) groups is 1. The van der Waals surface area contributed by atoms with Crippen molar-refractivity contribution in [3.8, 4) is 0 Å². The molecule has 2 rings (SSSR count). The summed E-state index contributed by atoms with van der Waals surface area (Å²) in [4.78, 5) is 0. The lowest BCUT2D eigenvalue weighted by Gasteiger charge is -1.95. The molecule has 0 bridgehead atoms. The van der Waals surface area contributed by atoms with Crippen LogP contribution in [0.4, 0.5) is 0 Å². The highest BCUT2D eigenvalue weighted by Gasteiger charge is 2.13. The summed E-state index contributed by atoms with van der Waals surface area (Å²) >= 11 is 5.05. The molecule has 1 aliphatic rings. The minimum Gasteiger partial charge on any atom is -0.483 e. The van der Waals surface area contributed by atoms with Gasteiger partial charge in [0.1, 0.15) is 0 Å². The Labute approximate surface area is 83.0 Å². The molecular formula is C11H10OS. The van der Waals surface area contributed by atoms with Gasteiger partial charge in [-0.05, 0) is 23.9 Å². The minimum atomic E-state index is 0.656. The molecule has 0 unspecified atom stereocenters. The van der Waals surface area contributed by atoms with Crippen molar-refractivity contribution in [1.82, 2.24) is 0 Å². The Bertz CT molecular complexity index is 340. The second-order valence-electron chi connectivity index (χ2n) is 2.97. The summed E-state index contributed by atoms with van der Waals surface area (Å²) in [5.41, 5.74) is 2.33. The van der Waals surface area contributed by atoms with Crippen molar-refractivity contribution in [1.29, 1.82) is 0 Å². The quantitative estimate of drug-likeness (QED) is 0.497. The second kappa shape index (κ2) is 3.71. The van der Waals surface area contributed by atoms with Crippen LogP contribution in [-0.2, 0) is 4.74 Å². The fourth-order valence-corrected chi connectivity index (χ4v) is 1.57. The van der Waals surface area contributed by atoms with Crippen molar-refractivity contribution in [3.05, 3.63) is 41.5 Å². The highest BCUT2D eigenvalue weighted by Crippen LogP contribution is 2.18. The van der Waals surface area contributed by atoms with Gasteiger partial charge in [-0.25, -0.2) is 0 Å². The van der Waals surface area contributed by atoms with Gasteiger partial charge < -0.3 is 4.74 Å². The van der Waals surface area contributed by atoms with E-state index in [2.05, 4.69) is 18.2 Å². The molecule has 1 nitrogen and oxygen atoms in total. The van der Waals surface area contributed by atoms with Gasteiger partial charge in [-0.3, -0.25) is 0 Å². The fraction of sp³-hybridized carbons (Fsp3) is 0.182. The lowest BCUT2D eigenvalue weighted by atomic mass is 10.1. The zero-order valence-corrected chi connectivity index (χ0v) is 8.01. The number of ether oxygens (including phenoxy) is 1. The van der Waals surface area contributed by atoms with Crippen molar-refractivity contribution in [2.45, 2.75) is 6.42 Å². The van der Waals surface area contributed by atoms with Crippen LogP contribution in [0, 0.1) is 0 Å². The minimum absolute atomic E-state index is 0.656. The van der Waals surface area contributed by atoms with Crippen LogP contribution in [0.15, 0.2) is 35.9 Å². The van der Waals surface area contributed by atoms with Gasteiger partial charge in [-0.1, -0.05) is 30.3 Å². The predicted molar refractivity (Wildman–Crippen MR) is 57.6 cm³/mol. The highest BCUT2D eigenvalue weighted by atomic mass is 32.1. The van der Waals surface area contributed by atoms with Gasteiger partial charge in [0.25, 0.3) is 0 Å². The molecule has 13 heavy (non-hydrogen) atoms. The number of hydrogen-bond donors (Lipinski definition) is 0. The van der Waals surface area contributed by atoms with Gasteiger partial charge >= 0.3 is 0 Å². The Morgan fingerprint density at radius 3 is 2.62 bits per heavy atom. The Morgan fingerprint density at radius 2 is 2.00 bits per heavy atom. The third-order valence-corrected chi connectivity index (χ3v) is 2.39. The van der Waals surface area contributed by atoms with Gasteiger partial charge in [-0.2, -0.15) is 0 Å². The van der Waals surface area contributed by atoms with Gasteiger partial charge in [0, 0.05) is 12.0 Å². The van der Waals surface area contributed by atoms with Crippen LogP contribution in [-0.4, -0.2) is 11.7 Å². The average Bonchev–Trinajstić information content (AvgIpc) is 2.54. The molecule has 1 aliphatic heterocycles. The summed E-state index contributed by atoms with van der Waals surface area (Å²) in [6.07, 6.45) is 3.03. The summed E-state index contributed by atoms with van der Waals surface area (Å²) in [7, 11) is 0. The third-order valence-electron chi connectivity index (χ3n) is 2.01. The van der Waals surface area contributed by atoms with Crippen molar-refractivity contribution in [2.24, 2.45) is 0 Å². The van der Waals surface area contributed by atoms with E-state index in [9.17, 15) is 0 Å². The van der Waals surface area contributed by atoms with E-state index >= 15 is 0 Å². The molecular weight excluding hydrogens is 180 g/mol. The standard InChI is InChI=1S/C11H10OS/c13-11-10(6-7-12-11)8-9-4-2-1-3-5-9/h1-5,8H,6-7H2/b10-8-. The van der Waals surface area contributed by atoms with Crippen LogP contribution in [0.3, 0.4) is 0 Å². The second-order valence-corrected chi connectivity index (χ2v) is 3.34. The van der Waals surface area contributed by atoms with E-state index in [1.165, 1.54) is 5.56 Å². The zero-order valence-electron chi connectivity index (χ0n) is 7.19. The molecule has 0 aromatic heterocycles. The van der Waals surface area contributed by atoms with Crippen molar-refractivity contribution < 1.29 is 4.74 Å². The summed E-state index contributed by atoms with van der Waals surface area (Å²) in [5.74, 6) is 0. The van der Waals surface area contributed by atoms with Crippen molar-refractivity contribution in [3.63, 3.8) is 0 Å². The molecule has 0 aliphatic carbocycles. The summed E-state index contributed by atoms with van der Waals surface area (Å²) in [6.45, 7) is 0.734. The first-order valence-corrected chi connectivity index (χ1v) is 4.70. The van der Waals surface area contributed by atoms with Crippen LogP contribution >= 0.6 is 12.2 Å². The normalized spacial score (nSPS) is 19.1. The topological polar surface area (TPSA) is 9.23 Å². The lowest BCUT2D eigenvalue weighted by Crippen LogP contribution is -1.90. The van der Waals surface area contributed by atoms with E-state index in [4.69, 9.17) is 17.0 Å². The first kappa shape index (κ1) is 8.45.